The van der Waals surface area contributed by atoms with E-state index in [0.717, 1.165) is 30.3 Å². The van der Waals surface area contributed by atoms with E-state index in [4.69, 9.17) is 0 Å². The van der Waals surface area contributed by atoms with Crippen molar-refractivity contribution in [2.45, 2.75) is 32.4 Å². The first kappa shape index (κ1) is 14.9. The van der Waals surface area contributed by atoms with Crippen molar-refractivity contribution in [1.82, 2.24) is 10.2 Å². The lowest BCUT2D eigenvalue weighted by Crippen LogP contribution is -2.56. The van der Waals surface area contributed by atoms with Crippen molar-refractivity contribution < 1.29 is 4.79 Å². The average Bonchev–Trinajstić information content (AvgIpc) is 2.99. The first-order valence-electron chi connectivity index (χ1n) is 8.41. The van der Waals surface area contributed by atoms with Crippen molar-refractivity contribution in [3.63, 3.8) is 0 Å². The van der Waals surface area contributed by atoms with Gasteiger partial charge in [0.1, 0.15) is 0 Å². The topological polar surface area (TPSA) is 32.3 Å². The van der Waals surface area contributed by atoms with E-state index in [1.54, 1.807) is 11.3 Å². The molecule has 120 valence electrons. The first-order valence-corrected chi connectivity index (χ1v) is 9.23. The molecule has 3 aliphatic rings. The van der Waals surface area contributed by atoms with Crippen LogP contribution in [-0.2, 0) is 0 Å². The number of rotatable bonds is 3. The van der Waals surface area contributed by atoms with Gasteiger partial charge >= 0.3 is 0 Å². The highest BCUT2D eigenvalue weighted by atomic mass is 32.1. The van der Waals surface area contributed by atoms with Crippen molar-refractivity contribution in [1.29, 1.82) is 0 Å². The van der Waals surface area contributed by atoms with Gasteiger partial charge in [-0.3, -0.25) is 9.69 Å². The predicted octanol–water partition coefficient (Wildman–Crippen LogP) is 3.90. The number of hydrogen-bond donors (Lipinski definition) is 1. The Morgan fingerprint density at radius 2 is 1.96 bits per heavy atom. The summed E-state index contributed by atoms with van der Waals surface area (Å²) < 4.78 is 0. The number of amides is 1. The zero-order valence-corrected chi connectivity index (χ0v) is 14.2. The lowest BCUT2D eigenvalue weighted by atomic mass is 9.86. The normalized spacial score (nSPS) is 26.2. The molecule has 1 aromatic carbocycles. The molecule has 1 aromatic heterocycles. The Morgan fingerprint density at radius 3 is 2.61 bits per heavy atom. The Labute approximate surface area is 141 Å². The zero-order valence-electron chi connectivity index (χ0n) is 13.4. The van der Waals surface area contributed by atoms with Crippen LogP contribution in [0.5, 0.6) is 0 Å². The Kier molecular flexibility index (Phi) is 3.95. The monoisotopic (exact) mass is 326 g/mol. The summed E-state index contributed by atoms with van der Waals surface area (Å²) in [6, 6.07) is 12.3. The van der Waals surface area contributed by atoms with E-state index in [1.165, 1.54) is 28.8 Å². The average molecular weight is 326 g/mol. The number of thiophene rings is 1. The molecule has 3 fully saturated rings. The van der Waals surface area contributed by atoms with Crippen molar-refractivity contribution in [2.75, 3.05) is 13.1 Å². The molecule has 1 N–H and O–H groups in total. The van der Waals surface area contributed by atoms with Crippen LogP contribution in [0.3, 0.4) is 0 Å². The molecule has 0 radical (unpaired) electrons. The summed E-state index contributed by atoms with van der Waals surface area (Å²) in [5.41, 5.74) is 2.37. The maximum Gasteiger partial charge on any atom is 0.262 e. The molecule has 1 unspecified atom stereocenters. The predicted molar refractivity (Wildman–Crippen MR) is 94.7 cm³/mol. The van der Waals surface area contributed by atoms with Crippen LogP contribution in [0.4, 0.5) is 0 Å². The fraction of sp³-hybridized carbons (Fsp3) is 0.421. The van der Waals surface area contributed by atoms with Crippen molar-refractivity contribution >= 4 is 17.2 Å². The fourth-order valence-corrected chi connectivity index (χ4v) is 4.89. The van der Waals surface area contributed by atoms with Crippen LogP contribution >= 0.6 is 11.3 Å². The van der Waals surface area contributed by atoms with Crippen molar-refractivity contribution in [2.24, 2.45) is 5.92 Å². The molecule has 4 heterocycles. The maximum absolute atomic E-state index is 12.7. The highest BCUT2D eigenvalue weighted by molar-refractivity contribution is 7.17. The number of hydrogen-bond acceptors (Lipinski definition) is 3. The molecule has 3 saturated heterocycles. The van der Waals surface area contributed by atoms with Gasteiger partial charge in [0.25, 0.3) is 5.91 Å². The maximum atomic E-state index is 12.7. The summed E-state index contributed by atoms with van der Waals surface area (Å²) in [5.74, 6) is 0.882. The van der Waals surface area contributed by atoms with E-state index >= 15 is 0 Å². The van der Waals surface area contributed by atoms with E-state index in [1.807, 2.05) is 24.3 Å². The SMILES string of the molecule is Cc1cc(C(=O)NC2CC3CCN2CC3)sc1-c1ccccc1. The molecule has 0 aliphatic carbocycles. The highest BCUT2D eigenvalue weighted by Gasteiger charge is 2.34. The van der Waals surface area contributed by atoms with Gasteiger partial charge in [0.05, 0.1) is 11.0 Å². The number of benzene rings is 1. The van der Waals surface area contributed by atoms with Gasteiger partial charge in [0.2, 0.25) is 0 Å². The third kappa shape index (κ3) is 2.93. The second-order valence-corrected chi connectivity index (χ2v) is 7.75. The molecule has 1 atom stereocenters. The summed E-state index contributed by atoms with van der Waals surface area (Å²) in [5, 5.41) is 3.26. The minimum atomic E-state index is 0.0813. The molecular weight excluding hydrogens is 304 g/mol. The third-order valence-corrected chi connectivity index (χ3v) is 6.41. The minimum Gasteiger partial charge on any atom is -0.336 e. The molecule has 0 spiro atoms. The van der Waals surface area contributed by atoms with Crippen molar-refractivity contribution in [3.8, 4) is 10.4 Å². The van der Waals surface area contributed by atoms with Crippen LogP contribution in [0.25, 0.3) is 10.4 Å². The second-order valence-electron chi connectivity index (χ2n) is 6.69. The molecule has 0 saturated carbocycles. The number of fused-ring (bicyclic) bond motifs is 3. The molecule has 2 aromatic rings. The molecular formula is C19H22N2OS. The van der Waals surface area contributed by atoms with Gasteiger partial charge in [-0.15, -0.1) is 11.3 Å². The lowest BCUT2D eigenvalue weighted by Gasteiger charge is -2.45. The highest BCUT2D eigenvalue weighted by Crippen LogP contribution is 2.33. The van der Waals surface area contributed by atoms with Gasteiger partial charge < -0.3 is 5.32 Å². The Hall–Kier alpha value is -1.65. The zero-order chi connectivity index (χ0) is 15.8. The van der Waals surface area contributed by atoms with Crippen LogP contribution in [0.2, 0.25) is 0 Å². The van der Waals surface area contributed by atoms with Crippen LogP contribution in [-0.4, -0.2) is 30.1 Å². The summed E-state index contributed by atoms with van der Waals surface area (Å²) in [7, 11) is 0. The second kappa shape index (κ2) is 6.10. The molecule has 5 rings (SSSR count). The van der Waals surface area contributed by atoms with Gasteiger partial charge in [-0.1, -0.05) is 30.3 Å². The standard InChI is InChI=1S/C19H22N2OS/c1-13-11-16(23-18(13)15-5-3-2-4-6-15)19(22)20-17-12-14-7-9-21(17)10-8-14/h2-6,11,14,17H,7-10,12H2,1H3,(H,20,22). The van der Waals surface area contributed by atoms with Crippen LogP contribution in [0.15, 0.2) is 36.4 Å². The number of piperidine rings is 3. The van der Waals surface area contributed by atoms with Gasteiger partial charge in [-0.05, 0) is 49.3 Å². The van der Waals surface area contributed by atoms with Crippen LogP contribution < -0.4 is 5.32 Å². The Morgan fingerprint density at radius 1 is 1.22 bits per heavy atom. The van der Waals surface area contributed by atoms with Crippen molar-refractivity contribution in [3.05, 3.63) is 46.8 Å². The van der Waals surface area contributed by atoms with E-state index in [2.05, 4.69) is 29.3 Å². The minimum absolute atomic E-state index is 0.0813. The Balaban J connectivity index is 1.51. The largest absolute Gasteiger partial charge is 0.336 e. The molecule has 4 heteroatoms. The molecule has 3 nitrogen and oxygen atoms in total. The number of aryl methyl sites for hydroxylation is 1. The lowest BCUT2D eigenvalue weighted by molar-refractivity contribution is 0.0296. The van der Waals surface area contributed by atoms with Gasteiger partial charge in [-0.2, -0.15) is 0 Å². The fourth-order valence-electron chi connectivity index (χ4n) is 3.81. The number of carbonyl (C=O) groups excluding carboxylic acids is 1. The summed E-state index contributed by atoms with van der Waals surface area (Å²) >= 11 is 1.60. The molecule has 1 amide bonds. The number of nitrogens with zero attached hydrogens (tertiary/aromatic N) is 1. The van der Waals surface area contributed by atoms with Crippen LogP contribution in [0, 0.1) is 12.8 Å². The third-order valence-electron chi connectivity index (χ3n) is 5.12. The number of carbonyl (C=O) groups is 1. The summed E-state index contributed by atoms with van der Waals surface area (Å²) in [6.07, 6.45) is 3.94. The first-order chi connectivity index (χ1) is 11.2. The quantitative estimate of drug-likeness (QED) is 0.928. The summed E-state index contributed by atoms with van der Waals surface area (Å²) in [6.45, 7) is 4.35. The molecule has 2 bridgehead atoms. The van der Waals surface area contributed by atoms with E-state index < -0.39 is 0 Å². The molecule has 23 heavy (non-hydrogen) atoms. The Bertz CT molecular complexity index is 701. The smallest absolute Gasteiger partial charge is 0.262 e. The van der Waals surface area contributed by atoms with Gasteiger partial charge in [-0.25, -0.2) is 0 Å². The van der Waals surface area contributed by atoms with E-state index in [0.29, 0.717) is 0 Å². The van der Waals surface area contributed by atoms with Crippen LogP contribution in [0.1, 0.15) is 34.5 Å². The number of nitrogens with one attached hydrogen (secondary N) is 1. The van der Waals surface area contributed by atoms with Gasteiger partial charge in [0, 0.05) is 18.0 Å². The van der Waals surface area contributed by atoms with E-state index in [-0.39, 0.29) is 12.1 Å². The molecule has 3 aliphatic heterocycles. The summed E-state index contributed by atoms with van der Waals surface area (Å²) in [4.78, 5) is 17.1. The van der Waals surface area contributed by atoms with Gasteiger partial charge in [0.15, 0.2) is 0 Å². The van der Waals surface area contributed by atoms with E-state index in [9.17, 15) is 4.79 Å².